The van der Waals surface area contributed by atoms with Gasteiger partial charge < -0.3 is 19.1 Å². The number of nitrogens with zero attached hydrogens (tertiary/aromatic N) is 3. The summed E-state index contributed by atoms with van der Waals surface area (Å²) in [5.74, 6) is 0. The smallest absolute Gasteiger partial charge is 0.159 e. The van der Waals surface area contributed by atoms with Gasteiger partial charge in [0.15, 0.2) is 5.58 Å². The molecule has 1 spiro atoms. The predicted molar refractivity (Wildman–Crippen MR) is 320 cm³/mol. The van der Waals surface area contributed by atoms with Gasteiger partial charge in [-0.15, -0.1) is 0 Å². The van der Waals surface area contributed by atoms with E-state index in [0.29, 0.717) is 0 Å². The Labute approximate surface area is 448 Å². The van der Waals surface area contributed by atoms with Crippen molar-refractivity contribution in [2.75, 3.05) is 14.7 Å². The average molecular weight is 984 g/mol. The molecule has 0 saturated heterocycles. The van der Waals surface area contributed by atoms with Crippen molar-refractivity contribution in [1.29, 1.82) is 0 Å². The zero-order valence-corrected chi connectivity index (χ0v) is 42.0. The van der Waals surface area contributed by atoms with Crippen molar-refractivity contribution < 1.29 is 4.42 Å². The standard InChI is InChI=1S/C73H49N3O/c1-5-23-50(24-6-1)52-45-47-56(48-46-52)74(57-32-19-27-53(49-57)51-25-7-2-8-26-51)68-43-20-35-60-70-66(41-22-44-69(70)77-72(60)68)75(54-28-9-3-10-29-54)67-42-21-39-64-71(67)76(55-30-11-4-12-31-55)65-40-18-17-38-63(65)73(64)61-36-15-13-33-58(61)59-34-14-16-37-62(59)73/h1-49H. The predicted octanol–water partition coefficient (Wildman–Crippen LogP) is 20.0. The molecule has 0 radical (unpaired) electrons. The molecule has 0 fully saturated rings. The fourth-order valence-corrected chi connectivity index (χ4v) is 12.6. The van der Waals surface area contributed by atoms with Crippen LogP contribution in [0.2, 0.25) is 0 Å². The maximum atomic E-state index is 7.30. The van der Waals surface area contributed by atoms with Crippen LogP contribution in [0.4, 0.5) is 51.2 Å². The molecule has 77 heavy (non-hydrogen) atoms. The Morgan fingerprint density at radius 2 is 0.818 bits per heavy atom. The molecule has 15 rings (SSSR count). The molecule has 12 aromatic carbocycles. The van der Waals surface area contributed by atoms with Crippen molar-refractivity contribution in [2.45, 2.75) is 5.41 Å². The number of hydrogen-bond acceptors (Lipinski definition) is 4. The molecule has 0 bridgehead atoms. The van der Waals surface area contributed by atoms with Crippen molar-refractivity contribution in [3.05, 3.63) is 320 Å². The second-order valence-electron chi connectivity index (χ2n) is 19.9. The van der Waals surface area contributed by atoms with Gasteiger partial charge in [-0.1, -0.05) is 218 Å². The largest absolute Gasteiger partial charge is 0.454 e. The van der Waals surface area contributed by atoms with Gasteiger partial charge in [0, 0.05) is 28.1 Å². The minimum absolute atomic E-state index is 0.618. The zero-order valence-electron chi connectivity index (χ0n) is 42.0. The van der Waals surface area contributed by atoms with E-state index in [4.69, 9.17) is 4.42 Å². The summed E-state index contributed by atoms with van der Waals surface area (Å²) >= 11 is 0. The molecule has 0 amide bonds. The van der Waals surface area contributed by atoms with Crippen LogP contribution in [-0.2, 0) is 5.41 Å². The maximum absolute atomic E-state index is 7.30. The molecule has 1 aliphatic heterocycles. The number of fused-ring (bicyclic) bond motifs is 12. The Morgan fingerprint density at radius 1 is 0.325 bits per heavy atom. The third-order valence-electron chi connectivity index (χ3n) is 15.8. The van der Waals surface area contributed by atoms with E-state index in [9.17, 15) is 0 Å². The van der Waals surface area contributed by atoms with Crippen LogP contribution in [-0.4, -0.2) is 0 Å². The highest BCUT2D eigenvalue weighted by Crippen LogP contribution is 2.65. The summed E-state index contributed by atoms with van der Waals surface area (Å²) in [6.07, 6.45) is 0. The van der Waals surface area contributed by atoms with Crippen LogP contribution < -0.4 is 14.7 Å². The molecule has 0 unspecified atom stereocenters. The molecule has 0 N–H and O–H groups in total. The highest BCUT2D eigenvalue weighted by molar-refractivity contribution is 6.17. The second kappa shape index (κ2) is 18.0. The van der Waals surface area contributed by atoms with E-state index >= 15 is 0 Å². The molecule has 1 aliphatic carbocycles. The van der Waals surface area contributed by atoms with Crippen molar-refractivity contribution >= 4 is 73.1 Å². The lowest BCUT2D eigenvalue weighted by Crippen LogP contribution is -2.37. The summed E-state index contributed by atoms with van der Waals surface area (Å²) < 4.78 is 7.30. The van der Waals surface area contributed by atoms with E-state index in [1.165, 1.54) is 38.9 Å². The SMILES string of the molecule is c1ccc(-c2ccc(N(c3cccc(-c4ccccc4)c3)c3cccc4c3oc3cccc(N(c5ccccc5)c5cccc6c5N(c5ccccc5)c5ccccc5C65c6ccccc6-c6ccccc65)c34)cc2)cc1. The van der Waals surface area contributed by atoms with Crippen molar-refractivity contribution in [1.82, 2.24) is 0 Å². The molecule has 4 nitrogen and oxygen atoms in total. The Morgan fingerprint density at radius 3 is 1.53 bits per heavy atom. The molecule has 0 saturated carbocycles. The topological polar surface area (TPSA) is 22.9 Å². The summed E-state index contributed by atoms with van der Waals surface area (Å²) in [4.78, 5) is 7.32. The fourth-order valence-electron chi connectivity index (χ4n) is 12.6. The lowest BCUT2D eigenvalue weighted by Gasteiger charge is -2.46. The van der Waals surface area contributed by atoms with E-state index in [1.54, 1.807) is 0 Å². The monoisotopic (exact) mass is 983 g/mol. The molecule has 0 atom stereocenters. The summed E-state index contributed by atoms with van der Waals surface area (Å²) in [6.45, 7) is 0. The van der Waals surface area contributed by atoms with Crippen LogP contribution in [0.15, 0.2) is 302 Å². The lowest BCUT2D eigenvalue weighted by atomic mass is 9.64. The Balaban J connectivity index is 0.986. The summed E-state index contributed by atoms with van der Waals surface area (Å²) in [6, 6.07) is 108. The van der Waals surface area contributed by atoms with Crippen LogP contribution in [0.3, 0.4) is 0 Å². The van der Waals surface area contributed by atoms with Gasteiger partial charge in [0.05, 0.1) is 39.2 Å². The van der Waals surface area contributed by atoms with Crippen molar-refractivity contribution in [3.63, 3.8) is 0 Å². The van der Waals surface area contributed by atoms with Crippen LogP contribution in [0.5, 0.6) is 0 Å². The molecular weight excluding hydrogens is 935 g/mol. The first-order chi connectivity index (χ1) is 38.2. The van der Waals surface area contributed by atoms with E-state index < -0.39 is 5.41 Å². The molecule has 362 valence electrons. The van der Waals surface area contributed by atoms with Gasteiger partial charge in [-0.25, -0.2) is 0 Å². The van der Waals surface area contributed by atoms with Crippen molar-refractivity contribution in [3.8, 4) is 33.4 Å². The molecule has 13 aromatic rings. The number of furan rings is 1. The molecular formula is C73H49N3O. The number of anilines is 9. The van der Waals surface area contributed by atoms with Gasteiger partial charge in [-0.2, -0.15) is 0 Å². The number of para-hydroxylation sites is 5. The highest BCUT2D eigenvalue weighted by Gasteiger charge is 2.52. The molecule has 2 aliphatic rings. The number of hydrogen-bond donors (Lipinski definition) is 0. The van der Waals surface area contributed by atoms with Gasteiger partial charge in [0.1, 0.15) is 5.58 Å². The van der Waals surface area contributed by atoms with Crippen LogP contribution in [0, 0.1) is 0 Å². The molecule has 1 aromatic heterocycles. The first kappa shape index (κ1) is 44.3. The van der Waals surface area contributed by atoms with Crippen LogP contribution >= 0.6 is 0 Å². The average Bonchev–Trinajstić information content (AvgIpc) is 4.06. The Hall–Kier alpha value is -10.2. The van der Waals surface area contributed by atoms with Crippen LogP contribution in [0.1, 0.15) is 22.3 Å². The summed E-state index contributed by atoms with van der Waals surface area (Å²) in [5.41, 5.74) is 22.6. The van der Waals surface area contributed by atoms with E-state index in [2.05, 4.69) is 312 Å². The number of benzene rings is 12. The first-order valence-electron chi connectivity index (χ1n) is 26.4. The van der Waals surface area contributed by atoms with Gasteiger partial charge in [0.25, 0.3) is 0 Å². The zero-order chi connectivity index (χ0) is 50.9. The molecule has 4 heteroatoms. The highest BCUT2D eigenvalue weighted by atomic mass is 16.3. The van der Waals surface area contributed by atoms with E-state index in [-0.39, 0.29) is 0 Å². The Bertz CT molecular complexity index is 4300. The minimum Gasteiger partial charge on any atom is -0.454 e. The summed E-state index contributed by atoms with van der Waals surface area (Å²) in [5, 5.41) is 2.04. The third kappa shape index (κ3) is 6.93. The van der Waals surface area contributed by atoms with Crippen molar-refractivity contribution in [2.24, 2.45) is 0 Å². The number of rotatable bonds is 9. The first-order valence-corrected chi connectivity index (χ1v) is 26.4. The van der Waals surface area contributed by atoms with Gasteiger partial charge in [-0.3, -0.25) is 0 Å². The Kier molecular flexibility index (Phi) is 10.4. The third-order valence-corrected chi connectivity index (χ3v) is 15.8. The normalized spacial score (nSPS) is 12.8. The van der Waals surface area contributed by atoms with E-state index in [1.807, 2.05) is 0 Å². The molecule has 2 heterocycles. The van der Waals surface area contributed by atoms with Crippen LogP contribution in [0.25, 0.3) is 55.3 Å². The minimum atomic E-state index is -0.618. The van der Waals surface area contributed by atoms with Gasteiger partial charge in [-0.05, 0) is 134 Å². The van der Waals surface area contributed by atoms with E-state index in [0.717, 1.165) is 89.8 Å². The fraction of sp³-hybridized carbons (Fsp3) is 0.0137. The lowest BCUT2D eigenvalue weighted by molar-refractivity contribution is 0.669. The quantitative estimate of drug-likeness (QED) is 0.144. The second-order valence-corrected chi connectivity index (χ2v) is 19.9. The van der Waals surface area contributed by atoms with Gasteiger partial charge in [0.2, 0.25) is 0 Å². The summed E-state index contributed by atoms with van der Waals surface area (Å²) in [7, 11) is 0. The maximum Gasteiger partial charge on any atom is 0.159 e. The van der Waals surface area contributed by atoms with Gasteiger partial charge >= 0.3 is 0 Å².